The number of rotatable bonds is 10. The Balaban J connectivity index is 1.64. The number of nitrogens with one attached hydrogen (secondary N) is 3. The molecule has 3 N–H and O–H groups in total. The molecule has 2 aromatic rings. The van der Waals surface area contributed by atoms with E-state index < -0.39 is 17.5 Å². The lowest BCUT2D eigenvalue weighted by atomic mass is 10.1. The third kappa shape index (κ3) is 8.34. The Kier molecular flexibility index (Phi) is 9.41. The standard InChI is InChI=1S/C27H34F2N4O3/c1-5-30-24-17-22(36-21-10-14-35-15-11-21)16-23(28)25(24)18(2)32-19-6-8-20(9-7-19)33-26(34)31-13-12-27(3,4)29/h5-9,16-17,21,32H,2,10-15H2,1,3-4H3,(H2,31,33,34). The van der Waals surface area contributed by atoms with E-state index in [9.17, 15) is 9.18 Å². The number of nitrogens with zero attached hydrogens (tertiary/aromatic N) is 1. The molecule has 2 amide bonds. The molecule has 0 aliphatic carbocycles. The molecule has 0 bridgehead atoms. The molecule has 1 aliphatic rings. The van der Waals surface area contributed by atoms with Crippen molar-refractivity contribution < 1.29 is 23.0 Å². The van der Waals surface area contributed by atoms with Crippen LogP contribution in [-0.2, 0) is 4.74 Å². The fourth-order valence-electron chi connectivity index (χ4n) is 3.68. The largest absolute Gasteiger partial charge is 0.490 e. The Morgan fingerprint density at radius 1 is 1.19 bits per heavy atom. The van der Waals surface area contributed by atoms with Crippen LogP contribution in [0.5, 0.6) is 5.75 Å². The van der Waals surface area contributed by atoms with Crippen LogP contribution in [0, 0.1) is 5.82 Å². The first-order valence-electron chi connectivity index (χ1n) is 12.0. The fraction of sp³-hybridized carbons (Fsp3) is 0.407. The molecule has 194 valence electrons. The summed E-state index contributed by atoms with van der Waals surface area (Å²) in [5.74, 6) is -0.0793. The molecule has 0 atom stereocenters. The topological polar surface area (TPSA) is 84.0 Å². The third-order valence-electron chi connectivity index (χ3n) is 5.53. The maximum Gasteiger partial charge on any atom is 0.319 e. The molecule has 36 heavy (non-hydrogen) atoms. The smallest absolute Gasteiger partial charge is 0.319 e. The summed E-state index contributed by atoms with van der Waals surface area (Å²) in [7, 11) is 0. The SMILES string of the molecule is C=C(Nc1ccc(NC(=O)NCCC(C)(C)F)cc1)c1c(F)cc(OC2CCOCC2)cc1N=CC. The number of alkyl halides is 1. The van der Waals surface area contributed by atoms with Gasteiger partial charge in [-0.1, -0.05) is 6.58 Å². The molecule has 0 radical (unpaired) electrons. The Bertz CT molecular complexity index is 1080. The maximum absolute atomic E-state index is 15.2. The number of amides is 2. The van der Waals surface area contributed by atoms with E-state index in [1.165, 1.54) is 19.9 Å². The monoisotopic (exact) mass is 500 g/mol. The first kappa shape index (κ1) is 27.1. The van der Waals surface area contributed by atoms with Crippen molar-refractivity contribution in [1.29, 1.82) is 0 Å². The first-order valence-corrected chi connectivity index (χ1v) is 12.0. The van der Waals surface area contributed by atoms with Crippen LogP contribution < -0.4 is 20.7 Å². The maximum atomic E-state index is 15.2. The summed E-state index contributed by atoms with van der Waals surface area (Å²) in [4.78, 5) is 16.3. The number of anilines is 2. The highest BCUT2D eigenvalue weighted by Gasteiger charge is 2.19. The fourth-order valence-corrected chi connectivity index (χ4v) is 3.68. The van der Waals surface area contributed by atoms with Gasteiger partial charge in [0, 0.05) is 54.8 Å². The van der Waals surface area contributed by atoms with E-state index in [1.54, 1.807) is 43.5 Å². The lowest BCUT2D eigenvalue weighted by Crippen LogP contribution is -2.32. The predicted octanol–water partition coefficient (Wildman–Crippen LogP) is 6.45. The van der Waals surface area contributed by atoms with E-state index in [4.69, 9.17) is 9.47 Å². The molecule has 2 aromatic carbocycles. The molecule has 0 aromatic heterocycles. The van der Waals surface area contributed by atoms with Gasteiger partial charge < -0.3 is 25.4 Å². The van der Waals surface area contributed by atoms with Crippen LogP contribution in [-0.4, -0.2) is 43.8 Å². The molecule has 7 nitrogen and oxygen atoms in total. The van der Waals surface area contributed by atoms with Gasteiger partial charge in [-0.3, -0.25) is 4.99 Å². The van der Waals surface area contributed by atoms with Crippen molar-refractivity contribution in [2.24, 2.45) is 4.99 Å². The summed E-state index contributed by atoms with van der Waals surface area (Å²) >= 11 is 0. The number of ether oxygens (including phenoxy) is 2. The summed E-state index contributed by atoms with van der Waals surface area (Å²) in [5.41, 5.74) is 0.841. The molecule has 9 heteroatoms. The molecule has 0 saturated carbocycles. The van der Waals surface area contributed by atoms with E-state index in [0.29, 0.717) is 41.7 Å². The van der Waals surface area contributed by atoms with Gasteiger partial charge in [-0.15, -0.1) is 0 Å². The molecule has 1 aliphatic heterocycles. The number of aliphatic imine (C=N–C) groups is 1. The molecular formula is C27H34F2N4O3. The summed E-state index contributed by atoms with van der Waals surface area (Å²) in [6.45, 7) is 10.2. The second-order valence-corrected chi connectivity index (χ2v) is 9.15. The molecule has 1 heterocycles. The minimum absolute atomic E-state index is 0.0199. The van der Waals surface area contributed by atoms with Crippen LogP contribution in [0.2, 0.25) is 0 Å². The summed E-state index contributed by atoms with van der Waals surface area (Å²) in [5, 5.41) is 8.41. The number of carbonyl (C=O) groups excluding carboxylic acids is 1. The summed E-state index contributed by atoms with van der Waals surface area (Å²) < 4.78 is 40.0. The number of benzene rings is 2. The lowest BCUT2D eigenvalue weighted by Gasteiger charge is -2.24. The average Bonchev–Trinajstić information content (AvgIpc) is 2.80. The number of carbonyl (C=O) groups is 1. The summed E-state index contributed by atoms with van der Waals surface area (Å²) in [6.07, 6.45) is 3.30. The van der Waals surface area contributed by atoms with Gasteiger partial charge in [-0.2, -0.15) is 0 Å². The molecule has 3 rings (SSSR count). The Morgan fingerprint density at radius 3 is 2.44 bits per heavy atom. The van der Waals surface area contributed by atoms with Crippen molar-refractivity contribution in [3.63, 3.8) is 0 Å². The van der Waals surface area contributed by atoms with Gasteiger partial charge >= 0.3 is 6.03 Å². The number of hydrogen-bond donors (Lipinski definition) is 3. The molecule has 0 unspecified atom stereocenters. The van der Waals surface area contributed by atoms with Crippen LogP contribution in [0.1, 0.15) is 45.6 Å². The molecule has 0 spiro atoms. The zero-order valence-corrected chi connectivity index (χ0v) is 21.0. The summed E-state index contributed by atoms with van der Waals surface area (Å²) in [6, 6.07) is 9.49. The molecular weight excluding hydrogens is 466 g/mol. The second kappa shape index (κ2) is 12.5. The van der Waals surface area contributed by atoms with Crippen LogP contribution in [0.25, 0.3) is 5.70 Å². The Labute approximate surface area is 211 Å². The Morgan fingerprint density at radius 2 is 1.83 bits per heavy atom. The number of urea groups is 1. The third-order valence-corrected chi connectivity index (χ3v) is 5.53. The van der Waals surface area contributed by atoms with Crippen molar-refractivity contribution >= 4 is 35.0 Å². The number of hydrogen-bond acceptors (Lipinski definition) is 5. The van der Waals surface area contributed by atoms with E-state index in [0.717, 1.165) is 12.8 Å². The minimum atomic E-state index is -1.34. The van der Waals surface area contributed by atoms with Gasteiger partial charge in [-0.05, 0) is 51.5 Å². The minimum Gasteiger partial charge on any atom is -0.490 e. The van der Waals surface area contributed by atoms with Crippen molar-refractivity contribution in [2.45, 2.75) is 51.8 Å². The van der Waals surface area contributed by atoms with E-state index in [1.807, 2.05) is 0 Å². The average molecular weight is 501 g/mol. The van der Waals surface area contributed by atoms with Gasteiger partial charge in [0.2, 0.25) is 0 Å². The van der Waals surface area contributed by atoms with Gasteiger partial charge in [0.05, 0.1) is 24.5 Å². The van der Waals surface area contributed by atoms with Crippen LogP contribution >= 0.6 is 0 Å². The Hall–Kier alpha value is -3.46. The van der Waals surface area contributed by atoms with E-state index in [-0.39, 0.29) is 24.6 Å². The van der Waals surface area contributed by atoms with Crippen molar-refractivity contribution in [2.75, 3.05) is 30.4 Å². The van der Waals surface area contributed by atoms with Crippen molar-refractivity contribution in [1.82, 2.24) is 5.32 Å². The highest BCUT2D eigenvalue weighted by molar-refractivity contribution is 5.90. The normalized spacial score (nSPS) is 14.5. The van der Waals surface area contributed by atoms with Gasteiger partial charge in [-0.25, -0.2) is 13.6 Å². The highest BCUT2D eigenvalue weighted by atomic mass is 19.1. The van der Waals surface area contributed by atoms with Gasteiger partial charge in [0.25, 0.3) is 0 Å². The molecule has 1 fully saturated rings. The van der Waals surface area contributed by atoms with E-state index in [2.05, 4.69) is 27.5 Å². The molecule has 1 saturated heterocycles. The van der Waals surface area contributed by atoms with Gasteiger partial charge in [0.1, 0.15) is 23.3 Å². The van der Waals surface area contributed by atoms with Gasteiger partial charge in [0.15, 0.2) is 0 Å². The van der Waals surface area contributed by atoms with Crippen LogP contribution in [0.15, 0.2) is 48.0 Å². The quantitative estimate of drug-likeness (QED) is 0.328. The van der Waals surface area contributed by atoms with Crippen molar-refractivity contribution in [3.8, 4) is 5.75 Å². The first-order chi connectivity index (χ1) is 17.1. The second-order valence-electron chi connectivity index (χ2n) is 9.15. The van der Waals surface area contributed by atoms with Crippen molar-refractivity contribution in [3.05, 3.63) is 54.4 Å². The zero-order valence-electron chi connectivity index (χ0n) is 21.0. The zero-order chi connectivity index (χ0) is 26.1. The van der Waals surface area contributed by atoms with E-state index >= 15 is 4.39 Å². The number of halogens is 2. The lowest BCUT2D eigenvalue weighted by molar-refractivity contribution is 0.0255. The van der Waals surface area contributed by atoms with Crippen LogP contribution in [0.3, 0.4) is 0 Å². The van der Waals surface area contributed by atoms with Crippen LogP contribution in [0.4, 0.5) is 30.6 Å². The highest BCUT2D eigenvalue weighted by Crippen LogP contribution is 2.34. The predicted molar refractivity (Wildman–Crippen MR) is 141 cm³/mol.